The second-order valence-corrected chi connectivity index (χ2v) is 8.54. The molecular formula is C19H15BrClNO3S2. The summed E-state index contributed by atoms with van der Waals surface area (Å²) in [7, 11) is 0. The van der Waals surface area contributed by atoms with Gasteiger partial charge in [-0.05, 0) is 64.3 Å². The van der Waals surface area contributed by atoms with Crippen molar-refractivity contribution in [2.24, 2.45) is 0 Å². The first-order valence-corrected chi connectivity index (χ1v) is 10.4. The fourth-order valence-electron chi connectivity index (χ4n) is 2.38. The molecule has 1 saturated heterocycles. The number of halogens is 2. The molecule has 3 rings (SSSR count). The first-order chi connectivity index (χ1) is 13.0. The quantitative estimate of drug-likeness (QED) is 0.429. The van der Waals surface area contributed by atoms with Crippen molar-refractivity contribution in [1.29, 1.82) is 0 Å². The zero-order valence-corrected chi connectivity index (χ0v) is 18.2. The lowest BCUT2D eigenvalue weighted by molar-refractivity contribution is -0.115. The van der Waals surface area contributed by atoms with Gasteiger partial charge in [-0.1, -0.05) is 47.7 Å². The Bertz CT molecular complexity index is 916. The molecule has 0 spiro atoms. The highest BCUT2D eigenvalue weighted by Crippen LogP contribution is 2.39. The molecule has 0 aromatic heterocycles. The summed E-state index contributed by atoms with van der Waals surface area (Å²) in [6, 6.07) is 11.2. The van der Waals surface area contributed by atoms with E-state index in [1.165, 1.54) is 11.8 Å². The van der Waals surface area contributed by atoms with Crippen LogP contribution in [0.2, 0.25) is 5.02 Å². The Balaban J connectivity index is 1.85. The van der Waals surface area contributed by atoms with Crippen molar-refractivity contribution < 1.29 is 14.3 Å². The molecule has 0 bridgehead atoms. The third-order valence-corrected chi connectivity index (χ3v) is 5.57. The summed E-state index contributed by atoms with van der Waals surface area (Å²) in [4.78, 5) is 12.4. The minimum absolute atomic E-state index is 0.192. The van der Waals surface area contributed by atoms with E-state index in [-0.39, 0.29) is 5.91 Å². The molecule has 0 unspecified atom stereocenters. The van der Waals surface area contributed by atoms with Gasteiger partial charge in [0.2, 0.25) is 0 Å². The lowest BCUT2D eigenvalue weighted by Crippen LogP contribution is -2.17. The molecule has 1 fully saturated rings. The van der Waals surface area contributed by atoms with E-state index < -0.39 is 0 Å². The van der Waals surface area contributed by atoms with E-state index >= 15 is 0 Å². The van der Waals surface area contributed by atoms with Gasteiger partial charge in [0, 0.05) is 5.02 Å². The Morgan fingerprint density at radius 3 is 2.63 bits per heavy atom. The molecule has 1 N–H and O–H groups in total. The third kappa shape index (κ3) is 5.25. The van der Waals surface area contributed by atoms with Gasteiger partial charge in [-0.2, -0.15) is 0 Å². The molecule has 0 aliphatic carbocycles. The van der Waals surface area contributed by atoms with Crippen LogP contribution in [0.3, 0.4) is 0 Å². The number of amides is 1. The lowest BCUT2D eigenvalue weighted by Gasteiger charge is -2.15. The van der Waals surface area contributed by atoms with Crippen molar-refractivity contribution in [3.8, 4) is 11.5 Å². The number of carbonyl (C=O) groups excluding carboxylic acids is 1. The first kappa shape index (κ1) is 20.2. The maximum atomic E-state index is 11.9. The maximum Gasteiger partial charge on any atom is 0.263 e. The molecule has 1 amide bonds. The molecule has 27 heavy (non-hydrogen) atoms. The largest absolute Gasteiger partial charge is 0.490 e. The number of nitrogens with one attached hydrogen (secondary N) is 1. The van der Waals surface area contributed by atoms with Gasteiger partial charge < -0.3 is 14.8 Å². The average Bonchev–Trinajstić information content (AvgIpc) is 2.93. The van der Waals surface area contributed by atoms with Crippen molar-refractivity contribution in [3.63, 3.8) is 0 Å². The van der Waals surface area contributed by atoms with Gasteiger partial charge in [0.25, 0.3) is 5.91 Å². The molecule has 2 aromatic carbocycles. The summed E-state index contributed by atoms with van der Waals surface area (Å²) in [5.74, 6) is 1.01. The molecule has 140 valence electrons. The van der Waals surface area contributed by atoms with Gasteiger partial charge in [0.15, 0.2) is 11.5 Å². The maximum absolute atomic E-state index is 11.9. The first-order valence-electron chi connectivity index (χ1n) is 8.04. The Hall–Kier alpha value is -1.54. The van der Waals surface area contributed by atoms with Gasteiger partial charge in [-0.15, -0.1) is 0 Å². The molecule has 1 aliphatic rings. The SMILES string of the molecule is CCOc1cc(/C=C2\SC(=S)NC2=O)cc(Br)c1OCc1ccc(Cl)cc1. The topological polar surface area (TPSA) is 47.6 Å². The number of benzene rings is 2. The van der Waals surface area contributed by atoms with E-state index in [4.69, 9.17) is 33.3 Å². The predicted molar refractivity (Wildman–Crippen MR) is 117 cm³/mol. The summed E-state index contributed by atoms with van der Waals surface area (Å²) >= 11 is 15.7. The van der Waals surface area contributed by atoms with Crippen molar-refractivity contribution in [3.05, 3.63) is 61.9 Å². The highest BCUT2D eigenvalue weighted by Gasteiger charge is 2.22. The number of hydrogen-bond donors (Lipinski definition) is 1. The molecule has 8 heteroatoms. The summed E-state index contributed by atoms with van der Waals surface area (Å²) in [5.41, 5.74) is 1.80. The van der Waals surface area contributed by atoms with E-state index in [1.54, 1.807) is 6.08 Å². The Labute approximate surface area is 180 Å². The van der Waals surface area contributed by atoms with E-state index in [0.29, 0.717) is 39.0 Å². The van der Waals surface area contributed by atoms with Crippen LogP contribution in [-0.4, -0.2) is 16.8 Å². The molecule has 0 radical (unpaired) electrons. The van der Waals surface area contributed by atoms with Crippen LogP contribution in [-0.2, 0) is 11.4 Å². The van der Waals surface area contributed by atoms with Crippen LogP contribution in [0.1, 0.15) is 18.1 Å². The Morgan fingerprint density at radius 2 is 2.00 bits per heavy atom. The van der Waals surface area contributed by atoms with E-state index in [0.717, 1.165) is 15.6 Å². The number of thioether (sulfide) groups is 1. The van der Waals surface area contributed by atoms with Crippen LogP contribution in [0, 0.1) is 0 Å². The van der Waals surface area contributed by atoms with Crippen LogP contribution in [0.15, 0.2) is 45.8 Å². The van der Waals surface area contributed by atoms with Gasteiger partial charge >= 0.3 is 0 Å². The highest BCUT2D eigenvalue weighted by molar-refractivity contribution is 9.10. The van der Waals surface area contributed by atoms with Gasteiger partial charge in [-0.25, -0.2) is 0 Å². The summed E-state index contributed by atoms with van der Waals surface area (Å²) < 4.78 is 12.9. The number of ether oxygens (including phenoxy) is 2. The molecule has 4 nitrogen and oxygen atoms in total. The molecule has 1 aliphatic heterocycles. The van der Waals surface area contributed by atoms with Crippen molar-refractivity contribution in [2.75, 3.05) is 6.61 Å². The van der Waals surface area contributed by atoms with Gasteiger partial charge in [-0.3, -0.25) is 4.79 Å². The van der Waals surface area contributed by atoms with Crippen molar-refractivity contribution in [1.82, 2.24) is 5.32 Å². The summed E-state index contributed by atoms with van der Waals surface area (Å²) in [5, 5.41) is 3.29. The lowest BCUT2D eigenvalue weighted by atomic mass is 10.1. The normalized spacial score (nSPS) is 15.1. The van der Waals surface area contributed by atoms with E-state index in [9.17, 15) is 4.79 Å². The smallest absolute Gasteiger partial charge is 0.263 e. The predicted octanol–water partition coefficient (Wildman–Crippen LogP) is 5.57. The minimum Gasteiger partial charge on any atom is -0.490 e. The Morgan fingerprint density at radius 1 is 1.26 bits per heavy atom. The fourth-order valence-corrected chi connectivity index (χ4v) is 4.13. The van der Waals surface area contributed by atoms with Crippen molar-refractivity contribution in [2.45, 2.75) is 13.5 Å². The average molecular weight is 485 g/mol. The Kier molecular flexibility index (Phi) is 6.81. The minimum atomic E-state index is -0.192. The fraction of sp³-hybridized carbons (Fsp3) is 0.158. The van der Waals surface area contributed by atoms with E-state index in [2.05, 4.69) is 21.2 Å². The third-order valence-electron chi connectivity index (χ3n) is 3.57. The van der Waals surface area contributed by atoms with E-state index in [1.807, 2.05) is 43.3 Å². The molecular weight excluding hydrogens is 470 g/mol. The van der Waals surface area contributed by atoms with Crippen LogP contribution >= 0.6 is 51.5 Å². The molecule has 0 atom stereocenters. The highest BCUT2D eigenvalue weighted by atomic mass is 79.9. The van der Waals surface area contributed by atoms with Crippen LogP contribution in [0.25, 0.3) is 6.08 Å². The van der Waals surface area contributed by atoms with Gasteiger partial charge in [0.1, 0.15) is 10.9 Å². The molecule has 1 heterocycles. The zero-order chi connectivity index (χ0) is 19.4. The molecule has 2 aromatic rings. The molecule has 0 saturated carbocycles. The second kappa shape index (κ2) is 9.10. The van der Waals surface area contributed by atoms with Crippen LogP contribution in [0.5, 0.6) is 11.5 Å². The second-order valence-electron chi connectivity index (χ2n) is 5.53. The van der Waals surface area contributed by atoms with Gasteiger partial charge in [0.05, 0.1) is 16.0 Å². The number of carbonyl (C=O) groups is 1. The standard InChI is InChI=1S/C19H15BrClNO3S2/c1-2-24-15-8-12(9-16-18(23)22-19(26)27-16)7-14(20)17(15)25-10-11-3-5-13(21)6-4-11/h3-9H,2,10H2,1H3,(H,22,23,26)/b16-9-. The van der Waals surface area contributed by atoms with Crippen molar-refractivity contribution >= 4 is 67.8 Å². The number of rotatable bonds is 6. The van der Waals surface area contributed by atoms with Crippen LogP contribution < -0.4 is 14.8 Å². The monoisotopic (exact) mass is 483 g/mol. The number of hydrogen-bond acceptors (Lipinski definition) is 5. The van der Waals surface area contributed by atoms with Crippen LogP contribution in [0.4, 0.5) is 0 Å². The zero-order valence-electron chi connectivity index (χ0n) is 14.3. The summed E-state index contributed by atoms with van der Waals surface area (Å²) in [6.45, 7) is 2.77. The summed E-state index contributed by atoms with van der Waals surface area (Å²) in [6.07, 6.45) is 1.77. The number of thiocarbonyl (C=S) groups is 1.